The van der Waals surface area contributed by atoms with Gasteiger partial charge in [0.25, 0.3) is 0 Å². The number of phenols is 1. The van der Waals surface area contributed by atoms with E-state index < -0.39 is 12.0 Å². The molecule has 100 valence electrons. The first-order valence-corrected chi connectivity index (χ1v) is 5.88. The molecule has 1 atom stereocenters. The third kappa shape index (κ3) is 4.01. The normalized spacial score (nSPS) is 11.4. The highest BCUT2D eigenvalue weighted by atomic mass is 79.9. The largest absolute Gasteiger partial charge is 0.506 e. The van der Waals surface area contributed by atoms with Gasteiger partial charge in [-0.3, -0.25) is 0 Å². The van der Waals surface area contributed by atoms with Crippen molar-refractivity contribution < 1.29 is 15.0 Å². The topological polar surface area (TPSA) is 83.6 Å². The van der Waals surface area contributed by atoms with Gasteiger partial charge in [-0.1, -0.05) is 6.08 Å². The molecule has 1 aromatic carbocycles. The van der Waals surface area contributed by atoms with Crippen molar-refractivity contribution in [2.75, 3.05) is 0 Å². The third-order valence-electron chi connectivity index (χ3n) is 2.42. The average Bonchev–Trinajstić information content (AvgIpc) is 2.29. The highest BCUT2D eigenvalue weighted by molar-refractivity contribution is 9.10. The highest BCUT2D eigenvalue weighted by Crippen LogP contribution is 2.34. The van der Waals surface area contributed by atoms with Crippen molar-refractivity contribution in [2.45, 2.75) is 18.9 Å². The molecular formula is C12H15BrClNO3. The van der Waals surface area contributed by atoms with Crippen LogP contribution in [0.1, 0.15) is 34.8 Å². The fraction of sp³-hybridized carbons (Fsp3) is 0.250. The van der Waals surface area contributed by atoms with Crippen molar-refractivity contribution in [1.82, 2.24) is 0 Å². The summed E-state index contributed by atoms with van der Waals surface area (Å²) in [5.74, 6) is -1.06. The highest BCUT2D eigenvalue weighted by Gasteiger charge is 2.16. The number of carbonyl (C=O) groups is 1. The van der Waals surface area contributed by atoms with Crippen molar-refractivity contribution in [3.63, 3.8) is 0 Å². The summed E-state index contributed by atoms with van der Waals surface area (Å²) in [5.41, 5.74) is 6.42. The number of hydrogen-bond acceptors (Lipinski definition) is 3. The summed E-state index contributed by atoms with van der Waals surface area (Å²) in [4.78, 5) is 10.9. The van der Waals surface area contributed by atoms with Gasteiger partial charge in [-0.2, -0.15) is 0 Å². The molecule has 18 heavy (non-hydrogen) atoms. The van der Waals surface area contributed by atoms with Gasteiger partial charge in [0, 0.05) is 11.6 Å². The maximum Gasteiger partial charge on any atom is 0.335 e. The number of halogens is 2. The molecule has 0 aliphatic carbocycles. The molecule has 0 saturated carbocycles. The Kier molecular flexibility index (Phi) is 6.98. The zero-order valence-electron chi connectivity index (χ0n) is 9.60. The first-order valence-electron chi connectivity index (χ1n) is 5.09. The van der Waals surface area contributed by atoms with Gasteiger partial charge >= 0.3 is 5.97 Å². The Bertz CT molecular complexity index is 451. The van der Waals surface area contributed by atoms with E-state index in [1.807, 2.05) is 0 Å². The van der Waals surface area contributed by atoms with E-state index in [0.717, 1.165) is 0 Å². The molecule has 4 nitrogen and oxygen atoms in total. The third-order valence-corrected chi connectivity index (χ3v) is 3.03. The Morgan fingerprint density at radius 1 is 1.56 bits per heavy atom. The molecule has 4 N–H and O–H groups in total. The number of allylic oxidation sites excluding steroid dienone is 1. The first kappa shape index (κ1) is 17.0. The summed E-state index contributed by atoms with van der Waals surface area (Å²) in [5, 5.41) is 18.8. The molecule has 0 aliphatic heterocycles. The van der Waals surface area contributed by atoms with Crippen LogP contribution in [-0.2, 0) is 0 Å². The minimum absolute atomic E-state index is 0. The van der Waals surface area contributed by atoms with Crippen molar-refractivity contribution >= 4 is 34.3 Å². The number of carboxylic acids is 1. The van der Waals surface area contributed by atoms with E-state index >= 15 is 0 Å². The zero-order valence-corrected chi connectivity index (χ0v) is 12.0. The fourth-order valence-corrected chi connectivity index (χ4v) is 1.95. The molecule has 0 aliphatic rings. The monoisotopic (exact) mass is 335 g/mol. The van der Waals surface area contributed by atoms with Crippen LogP contribution in [0.4, 0.5) is 0 Å². The molecule has 0 fully saturated rings. The number of aromatic carboxylic acids is 1. The smallest absolute Gasteiger partial charge is 0.335 e. The quantitative estimate of drug-likeness (QED) is 0.721. The van der Waals surface area contributed by atoms with E-state index in [0.29, 0.717) is 22.9 Å². The second-order valence-corrected chi connectivity index (χ2v) is 4.53. The SMILES string of the molecule is C=CCC[C@H](N)c1cc(C(=O)O)cc(Br)c1O.Cl. The van der Waals surface area contributed by atoms with Crippen molar-refractivity contribution in [1.29, 1.82) is 0 Å². The van der Waals surface area contributed by atoms with Crippen LogP contribution in [0.2, 0.25) is 0 Å². The Morgan fingerprint density at radius 3 is 2.67 bits per heavy atom. The summed E-state index contributed by atoms with van der Waals surface area (Å²) in [6.45, 7) is 3.59. The van der Waals surface area contributed by atoms with Crippen LogP contribution in [0, 0.1) is 0 Å². The molecule has 1 rings (SSSR count). The van der Waals surface area contributed by atoms with Crippen LogP contribution in [0.5, 0.6) is 5.75 Å². The molecule has 1 aromatic rings. The van der Waals surface area contributed by atoms with Crippen LogP contribution in [0.15, 0.2) is 29.3 Å². The Hall–Kier alpha value is -1.04. The molecule has 0 saturated heterocycles. The number of rotatable bonds is 5. The van der Waals surface area contributed by atoms with Crippen molar-refractivity contribution in [3.8, 4) is 5.75 Å². The van der Waals surface area contributed by atoms with E-state index in [4.69, 9.17) is 10.8 Å². The predicted molar refractivity (Wildman–Crippen MR) is 76.4 cm³/mol. The molecule has 6 heteroatoms. The summed E-state index contributed by atoms with van der Waals surface area (Å²) >= 11 is 3.11. The number of benzene rings is 1. The molecular weight excluding hydrogens is 321 g/mol. The second kappa shape index (κ2) is 7.41. The fourth-order valence-electron chi connectivity index (χ4n) is 1.48. The van der Waals surface area contributed by atoms with Gasteiger partial charge in [0.2, 0.25) is 0 Å². The molecule has 0 bridgehead atoms. The van der Waals surface area contributed by atoms with Gasteiger partial charge in [-0.05, 0) is 40.9 Å². The maximum absolute atomic E-state index is 10.9. The number of aromatic hydroxyl groups is 1. The van der Waals surface area contributed by atoms with Gasteiger partial charge < -0.3 is 15.9 Å². The Balaban J connectivity index is 0.00000289. The molecule has 0 heterocycles. The lowest BCUT2D eigenvalue weighted by atomic mass is 9.99. The van der Waals surface area contributed by atoms with E-state index in [9.17, 15) is 9.90 Å². The number of hydrogen-bond donors (Lipinski definition) is 3. The van der Waals surface area contributed by atoms with Gasteiger partial charge in [0.05, 0.1) is 10.0 Å². The van der Waals surface area contributed by atoms with E-state index in [-0.39, 0.29) is 23.7 Å². The number of carboxylic acid groups (broad SMARTS) is 1. The predicted octanol–water partition coefficient (Wildman–Crippen LogP) is 3.24. The lowest BCUT2D eigenvalue weighted by Gasteiger charge is -2.14. The summed E-state index contributed by atoms with van der Waals surface area (Å²) in [7, 11) is 0. The summed E-state index contributed by atoms with van der Waals surface area (Å²) in [6, 6.07) is 2.33. The molecule has 0 unspecified atom stereocenters. The Labute approximate surface area is 120 Å². The summed E-state index contributed by atoms with van der Waals surface area (Å²) in [6.07, 6.45) is 3.04. The van der Waals surface area contributed by atoms with E-state index in [2.05, 4.69) is 22.5 Å². The average molecular weight is 337 g/mol. The van der Waals surface area contributed by atoms with Gasteiger partial charge in [0.15, 0.2) is 0 Å². The van der Waals surface area contributed by atoms with Crippen LogP contribution in [-0.4, -0.2) is 16.2 Å². The van der Waals surface area contributed by atoms with Crippen LogP contribution in [0.3, 0.4) is 0 Å². The lowest BCUT2D eigenvalue weighted by molar-refractivity contribution is 0.0696. The summed E-state index contributed by atoms with van der Waals surface area (Å²) < 4.78 is 0.335. The van der Waals surface area contributed by atoms with E-state index in [1.165, 1.54) is 12.1 Å². The standard InChI is InChI=1S/C12H14BrNO3.ClH/c1-2-3-4-10(14)8-5-7(12(16)17)6-9(13)11(8)15;/h2,5-6,10,15H,1,3-4,14H2,(H,16,17);1H/t10-;/m0./s1. The van der Waals surface area contributed by atoms with Crippen LogP contribution < -0.4 is 5.73 Å². The Morgan fingerprint density at radius 2 is 2.17 bits per heavy atom. The zero-order chi connectivity index (χ0) is 13.0. The van der Waals surface area contributed by atoms with Gasteiger partial charge in [-0.15, -0.1) is 19.0 Å². The maximum atomic E-state index is 10.9. The van der Waals surface area contributed by atoms with Crippen LogP contribution in [0.25, 0.3) is 0 Å². The van der Waals surface area contributed by atoms with Gasteiger partial charge in [-0.25, -0.2) is 4.79 Å². The molecule has 0 aromatic heterocycles. The number of phenolic OH excluding ortho intramolecular Hbond substituents is 1. The lowest BCUT2D eigenvalue weighted by Crippen LogP contribution is -2.11. The minimum atomic E-state index is -1.05. The van der Waals surface area contributed by atoms with Crippen LogP contribution >= 0.6 is 28.3 Å². The van der Waals surface area contributed by atoms with Gasteiger partial charge in [0.1, 0.15) is 5.75 Å². The molecule has 0 amide bonds. The molecule has 0 radical (unpaired) electrons. The van der Waals surface area contributed by atoms with Crippen molar-refractivity contribution in [2.24, 2.45) is 5.73 Å². The first-order chi connectivity index (χ1) is 7.97. The number of nitrogens with two attached hydrogens (primary N) is 1. The second-order valence-electron chi connectivity index (χ2n) is 3.67. The molecule has 0 spiro atoms. The van der Waals surface area contributed by atoms with E-state index in [1.54, 1.807) is 6.08 Å². The van der Waals surface area contributed by atoms with Crippen molar-refractivity contribution in [3.05, 3.63) is 40.4 Å². The minimum Gasteiger partial charge on any atom is -0.506 e.